The molecule has 0 aliphatic carbocycles. The fourth-order valence-corrected chi connectivity index (χ4v) is 5.08. The Hall–Kier alpha value is -2.36. The van der Waals surface area contributed by atoms with Crippen LogP contribution in [0.4, 0.5) is 5.69 Å². The number of aliphatic imine (C=N–C) groups is 1. The molecule has 0 aromatic heterocycles. The van der Waals surface area contributed by atoms with Gasteiger partial charge in [-0.1, -0.05) is 12.7 Å². The normalized spacial score (nSPS) is 16.1. The highest BCUT2D eigenvalue weighted by Gasteiger charge is 2.30. The molecule has 2 aromatic carbocycles. The second kappa shape index (κ2) is 10.3. The standard InChI is InChI=1S/C22H18Br2N2O4S/c1-4-9-30-19-16(23)10-13(11-17(19)24)12-18-20(27)26(2)22(31-18)25-15-7-5-14(6-8-15)21(28)29-3/h4-8,10-12H,1,9H2,2-3H3/b18-12+,25-22?. The van der Waals surface area contributed by atoms with Gasteiger partial charge in [-0.25, -0.2) is 9.79 Å². The maximum absolute atomic E-state index is 12.7. The number of ether oxygens (including phenoxy) is 2. The van der Waals surface area contributed by atoms with E-state index in [1.807, 2.05) is 12.1 Å². The van der Waals surface area contributed by atoms with Gasteiger partial charge >= 0.3 is 5.97 Å². The molecule has 3 rings (SSSR count). The minimum Gasteiger partial charge on any atom is -0.487 e. The summed E-state index contributed by atoms with van der Waals surface area (Å²) in [6, 6.07) is 10.4. The zero-order chi connectivity index (χ0) is 22.5. The number of likely N-dealkylation sites (N-methyl/N-ethyl adjacent to an activating group) is 1. The highest BCUT2D eigenvalue weighted by Crippen LogP contribution is 2.38. The van der Waals surface area contributed by atoms with Crippen LogP contribution >= 0.6 is 43.6 Å². The number of rotatable bonds is 6. The lowest BCUT2D eigenvalue weighted by molar-refractivity contribution is -0.121. The van der Waals surface area contributed by atoms with Crippen LogP contribution in [-0.4, -0.2) is 42.7 Å². The molecule has 1 saturated heterocycles. The van der Waals surface area contributed by atoms with Gasteiger partial charge in [0, 0.05) is 7.05 Å². The van der Waals surface area contributed by atoms with Gasteiger partial charge in [0.05, 0.1) is 32.2 Å². The first-order chi connectivity index (χ1) is 14.8. The van der Waals surface area contributed by atoms with E-state index in [0.717, 1.165) is 14.5 Å². The molecular formula is C22H18Br2N2O4S. The SMILES string of the molecule is C=CCOc1c(Br)cc(/C=C2/SC(=Nc3ccc(C(=O)OC)cc3)N(C)C2=O)cc1Br. The molecule has 1 amide bonds. The topological polar surface area (TPSA) is 68.2 Å². The number of benzene rings is 2. The molecule has 1 heterocycles. The lowest BCUT2D eigenvalue weighted by Crippen LogP contribution is -2.23. The number of carbonyl (C=O) groups is 2. The van der Waals surface area contributed by atoms with Crippen LogP contribution in [-0.2, 0) is 9.53 Å². The molecule has 31 heavy (non-hydrogen) atoms. The highest BCUT2D eigenvalue weighted by atomic mass is 79.9. The second-order valence-corrected chi connectivity index (χ2v) is 9.04. The zero-order valence-corrected chi connectivity index (χ0v) is 20.7. The summed E-state index contributed by atoms with van der Waals surface area (Å²) < 4.78 is 11.9. The Morgan fingerprint density at radius 1 is 1.23 bits per heavy atom. The van der Waals surface area contributed by atoms with Gasteiger partial charge in [0.2, 0.25) is 0 Å². The maximum atomic E-state index is 12.7. The summed E-state index contributed by atoms with van der Waals surface area (Å²) >= 11 is 8.29. The summed E-state index contributed by atoms with van der Waals surface area (Å²) in [6.45, 7) is 4.03. The van der Waals surface area contributed by atoms with E-state index < -0.39 is 5.97 Å². The number of carbonyl (C=O) groups excluding carboxylic acids is 2. The Bertz CT molecular complexity index is 1070. The van der Waals surface area contributed by atoms with E-state index in [0.29, 0.717) is 33.7 Å². The molecule has 1 aliphatic heterocycles. The van der Waals surface area contributed by atoms with E-state index in [1.165, 1.54) is 23.8 Å². The van der Waals surface area contributed by atoms with Crippen LogP contribution in [0.1, 0.15) is 15.9 Å². The molecule has 0 spiro atoms. The van der Waals surface area contributed by atoms with Crippen LogP contribution in [0.3, 0.4) is 0 Å². The average molecular weight is 566 g/mol. The van der Waals surface area contributed by atoms with E-state index >= 15 is 0 Å². The van der Waals surface area contributed by atoms with Crippen LogP contribution in [0, 0.1) is 0 Å². The average Bonchev–Trinajstić information content (AvgIpc) is 3.01. The van der Waals surface area contributed by atoms with Crippen molar-refractivity contribution >= 4 is 72.4 Å². The number of hydrogen-bond acceptors (Lipinski definition) is 6. The molecule has 0 bridgehead atoms. The quantitative estimate of drug-likeness (QED) is 0.252. The van der Waals surface area contributed by atoms with Crippen molar-refractivity contribution in [2.45, 2.75) is 0 Å². The second-order valence-electron chi connectivity index (χ2n) is 6.32. The summed E-state index contributed by atoms with van der Waals surface area (Å²) in [4.78, 5) is 30.8. The molecular weight excluding hydrogens is 548 g/mol. The van der Waals surface area contributed by atoms with Crippen LogP contribution in [0.5, 0.6) is 5.75 Å². The van der Waals surface area contributed by atoms with Gasteiger partial charge in [0.1, 0.15) is 12.4 Å². The van der Waals surface area contributed by atoms with Crippen molar-refractivity contribution in [1.82, 2.24) is 4.90 Å². The molecule has 0 saturated carbocycles. The highest BCUT2D eigenvalue weighted by molar-refractivity contribution is 9.11. The number of nitrogens with zero attached hydrogens (tertiary/aromatic N) is 2. The van der Waals surface area contributed by atoms with Gasteiger partial charge in [-0.2, -0.15) is 0 Å². The number of methoxy groups -OCH3 is 1. The predicted octanol–water partition coefficient (Wildman–Crippen LogP) is 5.80. The smallest absolute Gasteiger partial charge is 0.337 e. The number of hydrogen-bond donors (Lipinski definition) is 0. The van der Waals surface area contributed by atoms with E-state index in [4.69, 9.17) is 9.47 Å². The Balaban J connectivity index is 1.84. The third-order valence-corrected chi connectivity index (χ3v) is 6.42. The first-order valence-corrected chi connectivity index (χ1v) is 11.4. The largest absolute Gasteiger partial charge is 0.487 e. The number of amidine groups is 1. The summed E-state index contributed by atoms with van der Waals surface area (Å²) in [7, 11) is 3.01. The molecule has 0 N–H and O–H groups in total. The Morgan fingerprint density at radius 2 is 1.87 bits per heavy atom. The number of esters is 1. The number of halogens is 2. The molecule has 160 valence electrons. The Kier molecular flexibility index (Phi) is 7.74. The van der Waals surface area contributed by atoms with Gasteiger partial charge in [0.15, 0.2) is 5.17 Å². The van der Waals surface area contributed by atoms with Crippen molar-refractivity contribution in [3.63, 3.8) is 0 Å². The van der Waals surface area contributed by atoms with E-state index in [9.17, 15) is 9.59 Å². The Labute approximate surface area is 201 Å². The number of amides is 1. The van der Waals surface area contributed by atoms with E-state index in [2.05, 4.69) is 43.4 Å². The van der Waals surface area contributed by atoms with Gasteiger partial charge in [0.25, 0.3) is 5.91 Å². The van der Waals surface area contributed by atoms with Crippen molar-refractivity contribution in [1.29, 1.82) is 0 Å². The lowest BCUT2D eigenvalue weighted by atomic mass is 10.2. The summed E-state index contributed by atoms with van der Waals surface area (Å²) in [6.07, 6.45) is 3.47. The zero-order valence-electron chi connectivity index (χ0n) is 16.7. The third-order valence-electron chi connectivity index (χ3n) is 4.18. The fraction of sp³-hybridized carbons (Fsp3) is 0.136. The molecule has 1 fully saturated rings. The molecule has 6 nitrogen and oxygen atoms in total. The van der Waals surface area contributed by atoms with Crippen LogP contribution < -0.4 is 4.74 Å². The van der Waals surface area contributed by atoms with E-state index in [-0.39, 0.29) is 5.91 Å². The molecule has 0 atom stereocenters. The van der Waals surface area contributed by atoms with Crippen molar-refractivity contribution in [3.8, 4) is 5.75 Å². The lowest BCUT2D eigenvalue weighted by Gasteiger charge is -2.09. The molecule has 0 radical (unpaired) electrons. The first kappa shape index (κ1) is 23.3. The Morgan fingerprint density at radius 3 is 2.45 bits per heavy atom. The maximum Gasteiger partial charge on any atom is 0.337 e. The summed E-state index contributed by atoms with van der Waals surface area (Å²) in [5.74, 6) is 0.113. The molecule has 9 heteroatoms. The van der Waals surface area contributed by atoms with Gasteiger partial charge in [-0.3, -0.25) is 9.69 Å². The van der Waals surface area contributed by atoms with Crippen LogP contribution in [0.15, 0.2) is 67.9 Å². The van der Waals surface area contributed by atoms with Crippen molar-refractivity contribution < 1.29 is 19.1 Å². The monoisotopic (exact) mass is 564 g/mol. The molecule has 1 aliphatic rings. The van der Waals surface area contributed by atoms with Gasteiger partial charge in [-0.15, -0.1) is 0 Å². The fourth-order valence-electron chi connectivity index (χ4n) is 2.65. The summed E-state index contributed by atoms with van der Waals surface area (Å²) in [5, 5.41) is 0.547. The summed E-state index contributed by atoms with van der Waals surface area (Å²) in [5.41, 5.74) is 1.90. The predicted molar refractivity (Wildman–Crippen MR) is 131 cm³/mol. The minimum absolute atomic E-state index is 0.144. The molecule has 0 unspecified atom stereocenters. The first-order valence-electron chi connectivity index (χ1n) is 9.01. The van der Waals surface area contributed by atoms with Crippen molar-refractivity contribution in [2.75, 3.05) is 20.8 Å². The van der Waals surface area contributed by atoms with Crippen molar-refractivity contribution in [2.24, 2.45) is 4.99 Å². The van der Waals surface area contributed by atoms with Gasteiger partial charge < -0.3 is 9.47 Å². The van der Waals surface area contributed by atoms with E-state index in [1.54, 1.807) is 43.5 Å². The minimum atomic E-state index is -0.412. The van der Waals surface area contributed by atoms with Crippen LogP contribution in [0.2, 0.25) is 0 Å². The number of thioether (sulfide) groups is 1. The van der Waals surface area contributed by atoms with Crippen LogP contribution in [0.25, 0.3) is 6.08 Å². The van der Waals surface area contributed by atoms with Gasteiger partial charge in [-0.05, 0) is 91.7 Å². The van der Waals surface area contributed by atoms with Crippen molar-refractivity contribution in [3.05, 3.63) is 74.0 Å². The molecule has 2 aromatic rings. The third kappa shape index (κ3) is 5.47.